The molecule has 0 aliphatic heterocycles. The maximum atomic E-state index is 13.8. The number of hydrogen-bond acceptors (Lipinski definition) is 3. The predicted octanol–water partition coefficient (Wildman–Crippen LogP) is 7.26. The lowest BCUT2D eigenvalue weighted by Crippen LogP contribution is -2.35. The highest BCUT2D eigenvalue weighted by molar-refractivity contribution is 6.33. The molecular formula is C24H20Cl2F2N2O3. The molecule has 0 heterocycles. The van der Waals surface area contributed by atoms with Gasteiger partial charge < -0.3 is 10.1 Å². The fourth-order valence-electron chi connectivity index (χ4n) is 3.22. The molecule has 3 rings (SSSR count). The molecule has 172 valence electrons. The summed E-state index contributed by atoms with van der Waals surface area (Å²) in [6.07, 6.45) is 0. The summed E-state index contributed by atoms with van der Waals surface area (Å²) in [6, 6.07) is 7.17. The number of aryl methyl sites for hydroxylation is 3. The summed E-state index contributed by atoms with van der Waals surface area (Å²) in [4.78, 5) is 24.4. The molecule has 0 fully saturated rings. The Morgan fingerprint density at radius 1 is 0.879 bits per heavy atom. The van der Waals surface area contributed by atoms with E-state index in [0.29, 0.717) is 33.3 Å². The summed E-state index contributed by atoms with van der Waals surface area (Å²) in [5.74, 6) is -2.42. The first-order chi connectivity index (χ1) is 15.5. The van der Waals surface area contributed by atoms with Gasteiger partial charge in [-0.2, -0.15) is 0 Å². The number of carbonyl (C=O) groups excluding carboxylic acids is 2. The molecule has 0 radical (unpaired) electrons. The minimum atomic E-state index is -1.21. The van der Waals surface area contributed by atoms with Crippen molar-refractivity contribution in [3.05, 3.63) is 85.9 Å². The molecule has 0 spiro atoms. The van der Waals surface area contributed by atoms with Gasteiger partial charge in [0.25, 0.3) is 5.91 Å². The minimum absolute atomic E-state index is 0.252. The van der Waals surface area contributed by atoms with Crippen molar-refractivity contribution in [2.45, 2.75) is 27.7 Å². The smallest absolute Gasteiger partial charge is 0.326 e. The molecule has 0 bridgehead atoms. The van der Waals surface area contributed by atoms with Crippen molar-refractivity contribution in [3.63, 3.8) is 0 Å². The molecule has 0 aromatic heterocycles. The van der Waals surface area contributed by atoms with E-state index in [-0.39, 0.29) is 5.02 Å². The van der Waals surface area contributed by atoms with Gasteiger partial charge in [0.1, 0.15) is 28.7 Å². The molecule has 3 aromatic rings. The lowest BCUT2D eigenvalue weighted by atomic mass is 10.1. The molecule has 9 heteroatoms. The zero-order chi connectivity index (χ0) is 24.4. The molecule has 0 unspecified atom stereocenters. The Hall–Kier alpha value is -3.16. The predicted molar refractivity (Wildman–Crippen MR) is 125 cm³/mol. The number of nitrogens with one attached hydrogen (secondary N) is 2. The highest BCUT2D eigenvalue weighted by atomic mass is 35.5. The Labute approximate surface area is 199 Å². The van der Waals surface area contributed by atoms with E-state index in [2.05, 4.69) is 5.32 Å². The zero-order valence-corrected chi connectivity index (χ0v) is 19.7. The van der Waals surface area contributed by atoms with Gasteiger partial charge in [-0.1, -0.05) is 29.3 Å². The second kappa shape index (κ2) is 9.77. The van der Waals surface area contributed by atoms with Crippen LogP contribution >= 0.6 is 23.2 Å². The van der Waals surface area contributed by atoms with Gasteiger partial charge in [0.2, 0.25) is 0 Å². The van der Waals surface area contributed by atoms with Crippen LogP contribution in [0.25, 0.3) is 0 Å². The largest absolute Gasteiger partial charge is 0.455 e. The van der Waals surface area contributed by atoms with Crippen molar-refractivity contribution < 1.29 is 23.1 Å². The van der Waals surface area contributed by atoms with Gasteiger partial charge in [-0.3, -0.25) is 10.1 Å². The minimum Gasteiger partial charge on any atom is -0.455 e. The van der Waals surface area contributed by atoms with Crippen molar-refractivity contribution in [2.75, 3.05) is 5.32 Å². The average Bonchev–Trinajstić information content (AvgIpc) is 2.73. The fourth-order valence-corrected chi connectivity index (χ4v) is 3.62. The Morgan fingerprint density at radius 2 is 1.45 bits per heavy atom. The number of imide groups is 1. The monoisotopic (exact) mass is 492 g/mol. The Morgan fingerprint density at radius 3 is 2.03 bits per heavy atom. The number of rotatable bonds is 4. The van der Waals surface area contributed by atoms with Crippen LogP contribution in [0.15, 0.2) is 36.4 Å². The number of carbonyl (C=O) groups is 2. The summed E-state index contributed by atoms with van der Waals surface area (Å²) in [7, 11) is 0. The molecule has 0 aliphatic rings. The van der Waals surface area contributed by atoms with E-state index in [1.807, 2.05) is 19.2 Å². The van der Waals surface area contributed by atoms with Crippen molar-refractivity contribution in [1.29, 1.82) is 0 Å². The Balaban J connectivity index is 1.81. The second-order valence-electron chi connectivity index (χ2n) is 7.49. The highest BCUT2D eigenvalue weighted by Crippen LogP contribution is 2.40. The molecule has 0 saturated heterocycles. The van der Waals surface area contributed by atoms with Crippen molar-refractivity contribution in [2.24, 2.45) is 0 Å². The number of urea groups is 1. The van der Waals surface area contributed by atoms with Gasteiger partial charge in [-0.05, 0) is 80.3 Å². The van der Waals surface area contributed by atoms with Crippen molar-refractivity contribution in [1.82, 2.24) is 5.32 Å². The lowest BCUT2D eigenvalue weighted by Gasteiger charge is -2.17. The molecule has 0 atom stereocenters. The molecule has 0 aliphatic carbocycles. The van der Waals surface area contributed by atoms with Gasteiger partial charge in [-0.25, -0.2) is 13.6 Å². The van der Waals surface area contributed by atoms with Gasteiger partial charge in [-0.15, -0.1) is 0 Å². The highest BCUT2D eigenvalue weighted by Gasteiger charge is 2.21. The van der Waals surface area contributed by atoms with Crippen LogP contribution in [-0.2, 0) is 0 Å². The third-order valence-electron chi connectivity index (χ3n) is 4.95. The first-order valence-electron chi connectivity index (χ1n) is 9.80. The third kappa shape index (κ3) is 5.26. The number of anilines is 1. The quantitative estimate of drug-likeness (QED) is 0.402. The summed E-state index contributed by atoms with van der Waals surface area (Å²) < 4.78 is 33.5. The summed E-state index contributed by atoms with van der Waals surface area (Å²) in [5.41, 5.74) is 2.23. The van der Waals surface area contributed by atoms with Gasteiger partial charge in [0.05, 0.1) is 5.02 Å². The third-order valence-corrected chi connectivity index (χ3v) is 6.00. The second-order valence-corrected chi connectivity index (χ2v) is 8.24. The van der Waals surface area contributed by atoms with Crippen LogP contribution in [-0.4, -0.2) is 11.9 Å². The first-order valence-corrected chi connectivity index (χ1v) is 10.6. The van der Waals surface area contributed by atoms with E-state index in [1.165, 1.54) is 0 Å². The normalized spacial score (nSPS) is 10.7. The van der Waals surface area contributed by atoms with Crippen LogP contribution in [0.5, 0.6) is 11.5 Å². The van der Waals surface area contributed by atoms with Crippen molar-refractivity contribution in [3.8, 4) is 11.5 Å². The van der Waals surface area contributed by atoms with E-state index in [9.17, 15) is 18.4 Å². The average molecular weight is 493 g/mol. The molecule has 3 amide bonds. The van der Waals surface area contributed by atoms with Crippen molar-refractivity contribution >= 4 is 40.8 Å². The van der Waals surface area contributed by atoms with Gasteiger partial charge in [0, 0.05) is 10.7 Å². The molecule has 33 heavy (non-hydrogen) atoms. The number of benzene rings is 3. The van der Waals surface area contributed by atoms with E-state index in [1.54, 1.807) is 32.0 Å². The van der Waals surface area contributed by atoms with E-state index < -0.39 is 29.1 Å². The standard InChI is InChI=1S/C24H20Cl2F2N2O3/c1-11-8-15(9-12(2)20(11)25)33-22-13(3)10-18(14(4)21(22)26)29-24(32)30-23(31)19-16(27)6-5-7-17(19)28/h5-10H,1-4H3,(H2,29,30,31,32). The zero-order valence-electron chi connectivity index (χ0n) is 18.2. The molecule has 3 aromatic carbocycles. The van der Waals surface area contributed by atoms with Crippen LogP contribution in [0.1, 0.15) is 32.6 Å². The number of halogens is 4. The van der Waals surface area contributed by atoms with E-state index in [0.717, 1.165) is 29.3 Å². The Bertz CT molecular complexity index is 1240. The topological polar surface area (TPSA) is 67.4 Å². The maximum absolute atomic E-state index is 13.8. The SMILES string of the molecule is Cc1cc(Oc2c(C)cc(NC(=O)NC(=O)c3c(F)cccc3F)c(C)c2Cl)cc(C)c1Cl. The van der Waals surface area contributed by atoms with Crippen LogP contribution in [0.2, 0.25) is 10.0 Å². The molecule has 2 N–H and O–H groups in total. The number of hydrogen-bond donors (Lipinski definition) is 2. The van der Waals surface area contributed by atoms with E-state index in [4.69, 9.17) is 27.9 Å². The van der Waals surface area contributed by atoms with Crippen LogP contribution in [0.3, 0.4) is 0 Å². The summed E-state index contributed by atoms with van der Waals surface area (Å²) >= 11 is 12.7. The van der Waals surface area contributed by atoms with Gasteiger partial charge >= 0.3 is 6.03 Å². The van der Waals surface area contributed by atoms with Crippen LogP contribution in [0.4, 0.5) is 19.3 Å². The molecule has 0 saturated carbocycles. The first kappa shape index (κ1) is 24.5. The lowest BCUT2D eigenvalue weighted by molar-refractivity contribution is 0.0959. The fraction of sp³-hybridized carbons (Fsp3) is 0.167. The molecule has 5 nitrogen and oxygen atoms in total. The Kier molecular flexibility index (Phi) is 7.25. The van der Waals surface area contributed by atoms with Gasteiger partial charge in [0.15, 0.2) is 0 Å². The summed E-state index contributed by atoms with van der Waals surface area (Å²) in [5, 5.41) is 5.29. The molecular weight excluding hydrogens is 473 g/mol. The number of amides is 3. The summed E-state index contributed by atoms with van der Waals surface area (Å²) in [6.45, 7) is 7.12. The number of ether oxygens (including phenoxy) is 1. The maximum Gasteiger partial charge on any atom is 0.326 e. The van der Waals surface area contributed by atoms with Crippen LogP contribution in [0, 0.1) is 39.3 Å². The van der Waals surface area contributed by atoms with Crippen LogP contribution < -0.4 is 15.4 Å². The van der Waals surface area contributed by atoms with E-state index >= 15 is 0 Å².